The van der Waals surface area contributed by atoms with Gasteiger partial charge in [-0.1, -0.05) is 24.1 Å². The molecular weight excluding hydrogens is 394 g/mol. The highest BCUT2D eigenvalue weighted by atomic mass is 35.5. The van der Waals surface area contributed by atoms with Crippen molar-refractivity contribution in [1.82, 2.24) is 9.71 Å². The number of aryl methyl sites for hydroxylation is 2. The summed E-state index contributed by atoms with van der Waals surface area (Å²) in [6.07, 6.45) is 5.52. The van der Waals surface area contributed by atoms with Crippen molar-refractivity contribution in [2.75, 3.05) is 11.9 Å². The number of sulfonamides is 1. The van der Waals surface area contributed by atoms with Gasteiger partial charge in [0.1, 0.15) is 0 Å². The normalized spacial score (nSPS) is 14.5. The Bertz CT molecular complexity index is 873. The quantitative estimate of drug-likeness (QED) is 0.710. The van der Waals surface area contributed by atoms with Gasteiger partial charge in [-0.3, -0.25) is 4.79 Å². The molecule has 1 aliphatic carbocycles. The lowest BCUT2D eigenvalue weighted by Gasteiger charge is -2.07. The first-order chi connectivity index (χ1) is 12.4. The second-order valence-corrected chi connectivity index (χ2v) is 9.39. The summed E-state index contributed by atoms with van der Waals surface area (Å²) in [6.45, 7) is 0.00572. The third-order valence-corrected chi connectivity index (χ3v) is 6.86. The molecule has 1 aliphatic rings. The Morgan fingerprint density at radius 2 is 2.04 bits per heavy atom. The maximum Gasteiger partial charge on any atom is 0.240 e. The standard InChI is InChI=1S/C17H20ClN3O3S2/c18-12-5-4-6-13(11-12)26(23,24)19-10-9-16(22)21-17-20-14-7-2-1-3-8-15(14)25-17/h4-6,11,19H,1-3,7-10H2,(H,20,21,22). The van der Waals surface area contributed by atoms with Crippen LogP contribution < -0.4 is 10.0 Å². The van der Waals surface area contributed by atoms with Gasteiger partial charge < -0.3 is 5.32 Å². The van der Waals surface area contributed by atoms with Crippen molar-refractivity contribution >= 4 is 44.0 Å². The minimum Gasteiger partial charge on any atom is -0.302 e. The van der Waals surface area contributed by atoms with Gasteiger partial charge in [0, 0.05) is 22.9 Å². The fourth-order valence-electron chi connectivity index (χ4n) is 2.78. The fraction of sp³-hybridized carbons (Fsp3) is 0.412. The molecule has 3 rings (SSSR count). The van der Waals surface area contributed by atoms with E-state index < -0.39 is 10.0 Å². The highest BCUT2D eigenvalue weighted by Gasteiger charge is 2.17. The number of aromatic nitrogens is 1. The van der Waals surface area contributed by atoms with Gasteiger partial charge in [-0.05, 0) is 43.9 Å². The summed E-state index contributed by atoms with van der Waals surface area (Å²) in [4.78, 5) is 17.9. The number of nitrogens with one attached hydrogen (secondary N) is 2. The summed E-state index contributed by atoms with van der Waals surface area (Å²) in [5.41, 5.74) is 1.09. The summed E-state index contributed by atoms with van der Waals surface area (Å²) in [6, 6.07) is 5.99. The van der Waals surface area contributed by atoms with Crippen LogP contribution in [0.25, 0.3) is 0 Å². The predicted molar refractivity (Wildman–Crippen MR) is 103 cm³/mol. The zero-order valence-corrected chi connectivity index (χ0v) is 16.5. The van der Waals surface area contributed by atoms with Gasteiger partial charge in [0.2, 0.25) is 15.9 Å². The summed E-state index contributed by atoms with van der Waals surface area (Å²) < 4.78 is 26.8. The van der Waals surface area contributed by atoms with Crippen LogP contribution in [0.15, 0.2) is 29.2 Å². The molecule has 0 saturated carbocycles. The van der Waals surface area contributed by atoms with E-state index in [-0.39, 0.29) is 23.8 Å². The van der Waals surface area contributed by atoms with E-state index in [0.29, 0.717) is 10.2 Å². The first-order valence-corrected chi connectivity index (χ1v) is 11.2. The lowest BCUT2D eigenvalue weighted by Crippen LogP contribution is -2.27. The van der Waals surface area contributed by atoms with Gasteiger partial charge in [-0.2, -0.15) is 0 Å². The molecule has 6 nitrogen and oxygen atoms in total. The van der Waals surface area contributed by atoms with Crippen LogP contribution in [-0.4, -0.2) is 25.9 Å². The molecule has 0 unspecified atom stereocenters. The van der Waals surface area contributed by atoms with Crippen molar-refractivity contribution in [2.24, 2.45) is 0 Å². The largest absolute Gasteiger partial charge is 0.302 e. The van der Waals surface area contributed by atoms with Crippen molar-refractivity contribution in [3.8, 4) is 0 Å². The number of carbonyl (C=O) groups is 1. The number of fused-ring (bicyclic) bond motifs is 1. The highest BCUT2D eigenvalue weighted by molar-refractivity contribution is 7.89. The molecule has 1 aromatic heterocycles. The molecule has 2 N–H and O–H groups in total. The van der Waals surface area contributed by atoms with E-state index in [1.807, 2.05) is 0 Å². The van der Waals surface area contributed by atoms with E-state index in [1.54, 1.807) is 12.1 Å². The average molecular weight is 414 g/mol. The molecule has 140 valence electrons. The number of thiazole rings is 1. The van der Waals surface area contributed by atoms with Crippen LogP contribution in [0.2, 0.25) is 5.02 Å². The Morgan fingerprint density at radius 3 is 2.85 bits per heavy atom. The number of carbonyl (C=O) groups excluding carboxylic acids is 1. The SMILES string of the molecule is O=C(CCNS(=O)(=O)c1cccc(Cl)c1)Nc1nc2c(s1)CCCCC2. The first-order valence-electron chi connectivity index (χ1n) is 8.48. The van der Waals surface area contributed by atoms with Crippen LogP contribution >= 0.6 is 22.9 Å². The Hall–Kier alpha value is -1.48. The number of halogens is 1. The highest BCUT2D eigenvalue weighted by Crippen LogP contribution is 2.28. The third kappa shape index (κ3) is 5.03. The van der Waals surface area contributed by atoms with Crippen molar-refractivity contribution in [3.05, 3.63) is 39.9 Å². The third-order valence-electron chi connectivity index (χ3n) is 4.09. The van der Waals surface area contributed by atoms with Gasteiger partial charge in [-0.25, -0.2) is 18.1 Å². The van der Waals surface area contributed by atoms with E-state index in [1.165, 1.54) is 34.8 Å². The first kappa shape index (κ1) is 19.3. The molecule has 0 saturated heterocycles. The Labute approximate surface area is 162 Å². The van der Waals surface area contributed by atoms with E-state index in [9.17, 15) is 13.2 Å². The molecule has 0 bridgehead atoms. The summed E-state index contributed by atoms with van der Waals surface area (Å²) >= 11 is 7.33. The molecule has 9 heteroatoms. The number of amides is 1. The van der Waals surface area contributed by atoms with Crippen LogP contribution in [0.1, 0.15) is 36.3 Å². The molecule has 0 fully saturated rings. The van der Waals surface area contributed by atoms with Crippen LogP contribution in [0.4, 0.5) is 5.13 Å². The molecule has 26 heavy (non-hydrogen) atoms. The van der Waals surface area contributed by atoms with E-state index in [4.69, 9.17) is 11.6 Å². The van der Waals surface area contributed by atoms with Gasteiger partial charge in [0.15, 0.2) is 5.13 Å². The predicted octanol–water partition coefficient (Wildman–Crippen LogP) is 3.37. The number of nitrogens with zero attached hydrogens (tertiary/aromatic N) is 1. The van der Waals surface area contributed by atoms with Crippen LogP contribution in [0.3, 0.4) is 0 Å². The smallest absolute Gasteiger partial charge is 0.240 e. The average Bonchev–Trinajstić information content (AvgIpc) is 2.83. The zero-order chi connectivity index (χ0) is 18.6. The minimum absolute atomic E-state index is 0.00572. The molecule has 2 aromatic rings. The van der Waals surface area contributed by atoms with E-state index in [2.05, 4.69) is 15.0 Å². The molecule has 0 aliphatic heterocycles. The molecular formula is C17H20ClN3O3S2. The van der Waals surface area contributed by atoms with Crippen LogP contribution in [0, 0.1) is 0 Å². The molecule has 0 radical (unpaired) electrons. The summed E-state index contributed by atoms with van der Waals surface area (Å²) in [5, 5.41) is 3.71. The van der Waals surface area contributed by atoms with Crippen molar-refractivity contribution in [1.29, 1.82) is 0 Å². The van der Waals surface area contributed by atoms with Crippen LogP contribution in [-0.2, 0) is 27.7 Å². The summed E-state index contributed by atoms with van der Waals surface area (Å²) in [7, 11) is -3.69. The van der Waals surface area contributed by atoms with E-state index >= 15 is 0 Å². The molecule has 1 heterocycles. The van der Waals surface area contributed by atoms with Gasteiger partial charge >= 0.3 is 0 Å². The Balaban J connectivity index is 1.51. The zero-order valence-electron chi connectivity index (χ0n) is 14.1. The fourth-order valence-corrected chi connectivity index (χ4v) is 5.18. The number of rotatable bonds is 6. The lowest BCUT2D eigenvalue weighted by molar-refractivity contribution is -0.116. The molecule has 0 atom stereocenters. The summed E-state index contributed by atoms with van der Waals surface area (Å²) in [5.74, 6) is -0.261. The monoisotopic (exact) mass is 413 g/mol. The number of benzene rings is 1. The van der Waals surface area contributed by atoms with Gasteiger partial charge in [-0.15, -0.1) is 11.3 Å². The second-order valence-electron chi connectivity index (χ2n) is 6.10. The molecule has 1 amide bonds. The number of hydrogen-bond acceptors (Lipinski definition) is 5. The minimum atomic E-state index is -3.69. The molecule has 1 aromatic carbocycles. The van der Waals surface area contributed by atoms with Crippen molar-refractivity contribution in [2.45, 2.75) is 43.4 Å². The maximum absolute atomic E-state index is 12.2. The van der Waals surface area contributed by atoms with Crippen LogP contribution in [0.5, 0.6) is 0 Å². The van der Waals surface area contributed by atoms with E-state index in [0.717, 1.165) is 31.4 Å². The van der Waals surface area contributed by atoms with Gasteiger partial charge in [0.25, 0.3) is 0 Å². The Kier molecular flexibility index (Phi) is 6.29. The van der Waals surface area contributed by atoms with Crippen molar-refractivity contribution in [3.63, 3.8) is 0 Å². The topological polar surface area (TPSA) is 88.2 Å². The lowest BCUT2D eigenvalue weighted by atomic mass is 10.2. The Morgan fingerprint density at radius 1 is 1.23 bits per heavy atom. The second kappa shape index (κ2) is 8.47. The number of anilines is 1. The maximum atomic E-state index is 12.2. The van der Waals surface area contributed by atoms with Crippen molar-refractivity contribution < 1.29 is 13.2 Å². The molecule has 0 spiro atoms. The number of hydrogen-bond donors (Lipinski definition) is 2. The van der Waals surface area contributed by atoms with Gasteiger partial charge in [0.05, 0.1) is 10.6 Å².